The molecule has 0 saturated heterocycles. The summed E-state index contributed by atoms with van der Waals surface area (Å²) in [5.41, 5.74) is 0.816. The first-order valence-electron chi connectivity index (χ1n) is 4.30. The van der Waals surface area contributed by atoms with Gasteiger partial charge in [-0.25, -0.2) is 9.97 Å². The molecule has 2 atom stereocenters. The van der Waals surface area contributed by atoms with Gasteiger partial charge in [-0.15, -0.1) is 11.6 Å². The molecule has 2 rings (SSSR count). The van der Waals surface area contributed by atoms with Gasteiger partial charge in [0.1, 0.15) is 11.0 Å². The van der Waals surface area contributed by atoms with E-state index in [9.17, 15) is 0 Å². The number of rotatable bonds is 2. The topological polar surface area (TPSA) is 25.8 Å². The van der Waals surface area contributed by atoms with Gasteiger partial charge in [-0.05, 0) is 18.4 Å². The fourth-order valence-electron chi connectivity index (χ4n) is 1.40. The predicted molar refractivity (Wildman–Crippen MR) is 53.1 cm³/mol. The van der Waals surface area contributed by atoms with E-state index in [2.05, 4.69) is 16.9 Å². The second-order valence-corrected chi connectivity index (χ2v) is 4.15. The summed E-state index contributed by atoms with van der Waals surface area (Å²) in [6, 6.07) is 1.71. The van der Waals surface area contributed by atoms with Crippen LogP contribution in [0.1, 0.15) is 30.8 Å². The lowest BCUT2D eigenvalue weighted by Crippen LogP contribution is -1.97. The summed E-state index contributed by atoms with van der Waals surface area (Å²) in [6.45, 7) is 2.19. The molecule has 0 spiro atoms. The Labute approximate surface area is 87.3 Å². The zero-order valence-corrected chi connectivity index (χ0v) is 8.81. The lowest BCUT2D eigenvalue weighted by Gasteiger charge is -2.00. The van der Waals surface area contributed by atoms with Crippen LogP contribution in [0.15, 0.2) is 6.07 Å². The Morgan fingerprint density at radius 3 is 2.77 bits per heavy atom. The van der Waals surface area contributed by atoms with E-state index >= 15 is 0 Å². The monoisotopic (exact) mass is 216 g/mol. The number of nitrogens with zero attached hydrogens (tertiary/aromatic N) is 2. The first-order chi connectivity index (χ1) is 6.20. The van der Waals surface area contributed by atoms with Crippen LogP contribution in [0.3, 0.4) is 0 Å². The van der Waals surface area contributed by atoms with Crippen LogP contribution in [0, 0.1) is 5.92 Å². The molecular weight excluding hydrogens is 207 g/mol. The minimum absolute atomic E-state index is 0.399. The molecule has 0 radical (unpaired) electrons. The van der Waals surface area contributed by atoms with Crippen molar-refractivity contribution >= 4 is 23.2 Å². The van der Waals surface area contributed by atoms with E-state index in [0.717, 1.165) is 11.5 Å². The van der Waals surface area contributed by atoms with Gasteiger partial charge in [-0.3, -0.25) is 0 Å². The van der Waals surface area contributed by atoms with Gasteiger partial charge in [-0.2, -0.15) is 0 Å². The highest BCUT2D eigenvalue weighted by molar-refractivity contribution is 6.29. The van der Waals surface area contributed by atoms with Crippen LogP contribution < -0.4 is 0 Å². The molecule has 1 aliphatic rings. The molecule has 0 N–H and O–H groups in total. The molecule has 0 aromatic carbocycles. The molecule has 1 heterocycles. The average molecular weight is 217 g/mol. The highest BCUT2D eigenvalue weighted by Crippen LogP contribution is 2.45. The molecule has 70 valence electrons. The van der Waals surface area contributed by atoms with Gasteiger partial charge < -0.3 is 0 Å². The van der Waals surface area contributed by atoms with Gasteiger partial charge in [0.05, 0.1) is 11.6 Å². The number of hydrogen-bond acceptors (Lipinski definition) is 2. The standard InChI is InChI=1S/C9H10Cl2N2/c1-5-2-7(5)9-12-6(4-10)3-8(11)13-9/h3,5,7H,2,4H2,1H3. The van der Waals surface area contributed by atoms with E-state index in [1.165, 1.54) is 6.42 Å². The smallest absolute Gasteiger partial charge is 0.133 e. The van der Waals surface area contributed by atoms with Crippen LogP contribution in [0.25, 0.3) is 0 Å². The van der Waals surface area contributed by atoms with Gasteiger partial charge >= 0.3 is 0 Å². The maximum Gasteiger partial charge on any atom is 0.133 e. The average Bonchev–Trinajstić information content (AvgIpc) is 2.81. The van der Waals surface area contributed by atoms with Gasteiger partial charge in [-0.1, -0.05) is 18.5 Å². The highest BCUT2D eigenvalue weighted by Gasteiger charge is 2.36. The SMILES string of the molecule is CC1CC1c1nc(Cl)cc(CCl)n1. The van der Waals surface area contributed by atoms with E-state index in [1.54, 1.807) is 6.07 Å². The lowest BCUT2D eigenvalue weighted by molar-refractivity contribution is 0.831. The third kappa shape index (κ3) is 1.94. The third-order valence-electron chi connectivity index (χ3n) is 2.34. The van der Waals surface area contributed by atoms with Crippen LogP contribution in [0.2, 0.25) is 5.15 Å². The van der Waals surface area contributed by atoms with E-state index in [0.29, 0.717) is 22.9 Å². The molecule has 1 fully saturated rings. The molecule has 2 nitrogen and oxygen atoms in total. The quantitative estimate of drug-likeness (QED) is 0.562. The minimum atomic E-state index is 0.399. The van der Waals surface area contributed by atoms with Gasteiger partial charge in [0.25, 0.3) is 0 Å². The fourth-order valence-corrected chi connectivity index (χ4v) is 1.75. The number of alkyl halides is 1. The first kappa shape index (κ1) is 9.22. The summed E-state index contributed by atoms with van der Waals surface area (Å²) in [5, 5.41) is 0.500. The summed E-state index contributed by atoms with van der Waals surface area (Å²) in [6.07, 6.45) is 1.17. The van der Waals surface area contributed by atoms with Crippen molar-refractivity contribution in [2.75, 3.05) is 0 Å². The molecule has 2 unspecified atom stereocenters. The van der Waals surface area contributed by atoms with E-state index < -0.39 is 0 Å². The van der Waals surface area contributed by atoms with Gasteiger partial charge in [0.2, 0.25) is 0 Å². The van der Waals surface area contributed by atoms with Crippen molar-refractivity contribution < 1.29 is 0 Å². The zero-order chi connectivity index (χ0) is 9.42. The maximum absolute atomic E-state index is 5.84. The molecule has 4 heteroatoms. The fraction of sp³-hybridized carbons (Fsp3) is 0.556. The Morgan fingerprint density at radius 1 is 1.54 bits per heavy atom. The Morgan fingerprint density at radius 2 is 2.23 bits per heavy atom. The summed E-state index contributed by atoms with van der Waals surface area (Å²) in [5.74, 6) is 2.45. The molecular formula is C9H10Cl2N2. The van der Waals surface area contributed by atoms with E-state index in [4.69, 9.17) is 23.2 Å². The number of hydrogen-bond donors (Lipinski definition) is 0. The molecule has 13 heavy (non-hydrogen) atoms. The predicted octanol–water partition coefficient (Wildman–Crippen LogP) is 2.99. The maximum atomic E-state index is 5.84. The van der Waals surface area contributed by atoms with Gasteiger partial charge in [0, 0.05) is 5.92 Å². The molecule has 1 aromatic heterocycles. The van der Waals surface area contributed by atoms with Crippen LogP contribution in [0.4, 0.5) is 0 Å². The lowest BCUT2D eigenvalue weighted by atomic mass is 10.3. The Bertz CT molecular complexity index is 327. The van der Waals surface area contributed by atoms with Crippen molar-refractivity contribution in [3.63, 3.8) is 0 Å². The molecule has 0 bridgehead atoms. The summed E-state index contributed by atoms with van der Waals surface area (Å²) < 4.78 is 0. The summed E-state index contributed by atoms with van der Waals surface area (Å²) in [4.78, 5) is 8.53. The van der Waals surface area contributed by atoms with E-state index in [1.807, 2.05) is 0 Å². The van der Waals surface area contributed by atoms with Crippen LogP contribution >= 0.6 is 23.2 Å². The largest absolute Gasteiger partial charge is 0.236 e. The summed E-state index contributed by atoms with van der Waals surface area (Å²) >= 11 is 11.5. The molecule has 1 aromatic rings. The van der Waals surface area contributed by atoms with Crippen molar-refractivity contribution in [1.29, 1.82) is 0 Å². The number of aromatic nitrogens is 2. The van der Waals surface area contributed by atoms with Crippen molar-refractivity contribution in [1.82, 2.24) is 9.97 Å². The molecule has 1 saturated carbocycles. The summed E-state index contributed by atoms with van der Waals surface area (Å²) in [7, 11) is 0. The van der Waals surface area contributed by atoms with Crippen molar-refractivity contribution in [3.8, 4) is 0 Å². The van der Waals surface area contributed by atoms with E-state index in [-0.39, 0.29) is 0 Å². The van der Waals surface area contributed by atoms with Crippen molar-refractivity contribution in [2.45, 2.75) is 25.1 Å². The highest BCUT2D eigenvalue weighted by atomic mass is 35.5. The molecule has 0 amide bonds. The second kappa shape index (κ2) is 3.43. The Kier molecular flexibility index (Phi) is 2.43. The Hall–Kier alpha value is -0.340. The Balaban J connectivity index is 2.30. The number of halogens is 2. The first-order valence-corrected chi connectivity index (χ1v) is 5.21. The molecule has 1 aliphatic carbocycles. The van der Waals surface area contributed by atoms with Crippen LogP contribution in [0.5, 0.6) is 0 Å². The zero-order valence-electron chi connectivity index (χ0n) is 7.30. The normalized spacial score (nSPS) is 26.1. The second-order valence-electron chi connectivity index (χ2n) is 3.49. The van der Waals surface area contributed by atoms with Crippen molar-refractivity contribution in [3.05, 3.63) is 22.7 Å². The van der Waals surface area contributed by atoms with Crippen molar-refractivity contribution in [2.24, 2.45) is 5.92 Å². The van der Waals surface area contributed by atoms with Crippen LogP contribution in [-0.4, -0.2) is 9.97 Å². The minimum Gasteiger partial charge on any atom is -0.236 e. The third-order valence-corrected chi connectivity index (χ3v) is 2.81. The van der Waals surface area contributed by atoms with Crippen LogP contribution in [-0.2, 0) is 5.88 Å². The molecule has 0 aliphatic heterocycles. The van der Waals surface area contributed by atoms with Gasteiger partial charge in [0.15, 0.2) is 0 Å².